The van der Waals surface area contributed by atoms with Crippen LogP contribution in [0.4, 0.5) is 0 Å². The van der Waals surface area contributed by atoms with Gasteiger partial charge in [-0.2, -0.15) is 4.31 Å². The highest BCUT2D eigenvalue weighted by Gasteiger charge is 2.25. The van der Waals surface area contributed by atoms with Crippen molar-refractivity contribution < 1.29 is 13.2 Å². The molecule has 128 valence electrons. The maximum Gasteiger partial charge on any atom is 0.253 e. The summed E-state index contributed by atoms with van der Waals surface area (Å²) in [5, 5.41) is 0. The van der Waals surface area contributed by atoms with E-state index < -0.39 is 10.0 Å². The van der Waals surface area contributed by atoms with Gasteiger partial charge in [0.1, 0.15) is 0 Å². The molecule has 0 saturated carbocycles. The van der Waals surface area contributed by atoms with Gasteiger partial charge in [0.2, 0.25) is 10.0 Å². The molecule has 6 heteroatoms. The van der Waals surface area contributed by atoms with Gasteiger partial charge in [-0.05, 0) is 51.0 Å². The number of rotatable bonds is 5. The molecule has 5 nitrogen and oxygen atoms in total. The van der Waals surface area contributed by atoms with Crippen molar-refractivity contribution in [2.24, 2.45) is 0 Å². The Morgan fingerprint density at radius 3 is 2.00 bits per heavy atom. The van der Waals surface area contributed by atoms with Crippen LogP contribution in [0.1, 0.15) is 49.9 Å². The Morgan fingerprint density at radius 1 is 1.00 bits per heavy atom. The molecule has 1 aliphatic rings. The minimum Gasteiger partial charge on any atom is -0.339 e. The van der Waals surface area contributed by atoms with E-state index in [0.717, 1.165) is 25.7 Å². The molecule has 1 aromatic carbocycles. The molecule has 0 N–H and O–H groups in total. The normalized spacial score (nSPS) is 16.8. The molecule has 1 heterocycles. The topological polar surface area (TPSA) is 57.7 Å². The molecule has 1 saturated heterocycles. The number of benzene rings is 1. The second-order valence-electron chi connectivity index (χ2n) is 5.82. The standard InChI is InChI=1S/C17H26N2O3S/c1-3-18(4-2)17(20)15-9-11-16(12-10-15)23(21,22)19-13-7-5-6-8-14-19/h9-12H,3-8,13-14H2,1-2H3. The van der Waals surface area contributed by atoms with Gasteiger partial charge in [0.15, 0.2) is 0 Å². The first-order chi connectivity index (χ1) is 11.0. The minimum atomic E-state index is -3.45. The van der Waals surface area contributed by atoms with Crippen LogP contribution in [0.25, 0.3) is 0 Å². The fraction of sp³-hybridized carbons (Fsp3) is 0.588. The van der Waals surface area contributed by atoms with Gasteiger partial charge in [-0.15, -0.1) is 0 Å². The Hall–Kier alpha value is -1.40. The Morgan fingerprint density at radius 2 is 1.52 bits per heavy atom. The van der Waals surface area contributed by atoms with Gasteiger partial charge in [0.05, 0.1) is 4.90 Å². The van der Waals surface area contributed by atoms with Crippen molar-refractivity contribution in [2.75, 3.05) is 26.2 Å². The average Bonchev–Trinajstić information content (AvgIpc) is 2.86. The second-order valence-corrected chi connectivity index (χ2v) is 7.76. The zero-order chi connectivity index (χ0) is 16.9. The highest BCUT2D eigenvalue weighted by molar-refractivity contribution is 7.89. The van der Waals surface area contributed by atoms with Gasteiger partial charge in [0, 0.05) is 31.7 Å². The number of sulfonamides is 1. The number of hydrogen-bond acceptors (Lipinski definition) is 3. The number of nitrogens with zero attached hydrogens (tertiary/aromatic N) is 2. The lowest BCUT2D eigenvalue weighted by Gasteiger charge is -2.21. The molecule has 1 aliphatic heterocycles. The predicted molar refractivity (Wildman–Crippen MR) is 90.9 cm³/mol. The van der Waals surface area contributed by atoms with Crippen LogP contribution in [0.5, 0.6) is 0 Å². The summed E-state index contributed by atoms with van der Waals surface area (Å²) in [5.74, 6) is -0.0614. The third-order valence-electron chi connectivity index (χ3n) is 4.35. The molecule has 0 unspecified atom stereocenters. The maximum absolute atomic E-state index is 12.7. The second kappa shape index (κ2) is 7.93. The first-order valence-electron chi connectivity index (χ1n) is 8.40. The van der Waals surface area contributed by atoms with Crippen molar-refractivity contribution in [1.82, 2.24) is 9.21 Å². The van der Waals surface area contributed by atoms with E-state index in [2.05, 4.69) is 0 Å². The van der Waals surface area contributed by atoms with Gasteiger partial charge in [-0.1, -0.05) is 12.8 Å². The molecule has 23 heavy (non-hydrogen) atoms. The number of amides is 1. The van der Waals surface area contributed by atoms with Crippen LogP contribution in [0.15, 0.2) is 29.2 Å². The number of carbonyl (C=O) groups excluding carboxylic acids is 1. The van der Waals surface area contributed by atoms with Gasteiger partial charge in [0.25, 0.3) is 5.91 Å². The molecule has 1 fully saturated rings. The Kier molecular flexibility index (Phi) is 6.18. The predicted octanol–water partition coefficient (Wildman–Crippen LogP) is 2.73. The molecule has 0 aliphatic carbocycles. The monoisotopic (exact) mass is 338 g/mol. The SMILES string of the molecule is CCN(CC)C(=O)c1ccc(S(=O)(=O)N2CCCCCC2)cc1. The summed E-state index contributed by atoms with van der Waals surface area (Å²) in [5.41, 5.74) is 0.531. The van der Waals surface area contributed by atoms with E-state index in [1.807, 2.05) is 13.8 Å². The quantitative estimate of drug-likeness (QED) is 0.829. The van der Waals surface area contributed by atoms with Gasteiger partial charge in [-0.3, -0.25) is 4.79 Å². The van der Waals surface area contributed by atoms with Crippen LogP contribution in [-0.4, -0.2) is 49.7 Å². The molecule has 1 aromatic rings. The Balaban J connectivity index is 2.19. The fourth-order valence-corrected chi connectivity index (χ4v) is 4.41. The van der Waals surface area contributed by atoms with E-state index >= 15 is 0 Å². The van der Waals surface area contributed by atoms with Gasteiger partial charge in [-0.25, -0.2) is 8.42 Å². The van der Waals surface area contributed by atoms with E-state index in [4.69, 9.17) is 0 Å². The van der Waals surface area contributed by atoms with E-state index in [1.54, 1.807) is 33.5 Å². The van der Waals surface area contributed by atoms with Crippen LogP contribution < -0.4 is 0 Å². The Bertz CT molecular complexity index is 614. The van der Waals surface area contributed by atoms with E-state index in [0.29, 0.717) is 31.7 Å². The fourth-order valence-electron chi connectivity index (χ4n) is 2.89. The van der Waals surface area contributed by atoms with Crippen LogP contribution in [-0.2, 0) is 10.0 Å². The molecule has 0 radical (unpaired) electrons. The van der Waals surface area contributed by atoms with Crippen LogP contribution >= 0.6 is 0 Å². The highest BCUT2D eigenvalue weighted by atomic mass is 32.2. The third-order valence-corrected chi connectivity index (χ3v) is 6.27. The summed E-state index contributed by atoms with van der Waals surface area (Å²) in [7, 11) is -3.45. The summed E-state index contributed by atoms with van der Waals surface area (Å²) in [4.78, 5) is 14.3. The highest BCUT2D eigenvalue weighted by Crippen LogP contribution is 2.21. The van der Waals surface area contributed by atoms with Crippen molar-refractivity contribution in [3.8, 4) is 0 Å². The van der Waals surface area contributed by atoms with Crippen molar-refractivity contribution in [3.63, 3.8) is 0 Å². The molecular formula is C17H26N2O3S. The molecule has 1 amide bonds. The van der Waals surface area contributed by atoms with Crippen molar-refractivity contribution in [2.45, 2.75) is 44.4 Å². The Labute approximate surface area is 139 Å². The number of carbonyl (C=O) groups is 1. The van der Waals surface area contributed by atoms with Crippen LogP contribution in [0.2, 0.25) is 0 Å². The van der Waals surface area contributed by atoms with Crippen molar-refractivity contribution in [1.29, 1.82) is 0 Å². The van der Waals surface area contributed by atoms with Gasteiger partial charge < -0.3 is 4.90 Å². The first kappa shape index (κ1) is 17.9. The largest absolute Gasteiger partial charge is 0.339 e. The molecule has 0 spiro atoms. The van der Waals surface area contributed by atoms with Crippen LogP contribution in [0.3, 0.4) is 0 Å². The van der Waals surface area contributed by atoms with E-state index in [9.17, 15) is 13.2 Å². The lowest BCUT2D eigenvalue weighted by Crippen LogP contribution is -2.32. The zero-order valence-corrected chi connectivity index (χ0v) is 14.8. The maximum atomic E-state index is 12.7. The first-order valence-corrected chi connectivity index (χ1v) is 9.84. The van der Waals surface area contributed by atoms with E-state index in [1.165, 1.54) is 0 Å². The number of hydrogen-bond donors (Lipinski definition) is 0. The summed E-state index contributed by atoms with van der Waals surface area (Å²) >= 11 is 0. The van der Waals surface area contributed by atoms with Crippen molar-refractivity contribution >= 4 is 15.9 Å². The minimum absolute atomic E-state index is 0.0614. The molecular weight excluding hydrogens is 312 g/mol. The zero-order valence-electron chi connectivity index (χ0n) is 14.0. The summed E-state index contributed by atoms with van der Waals surface area (Å²) in [6.07, 6.45) is 4.00. The molecule has 0 aromatic heterocycles. The molecule has 2 rings (SSSR count). The summed E-state index contributed by atoms with van der Waals surface area (Å²) in [6.45, 7) is 6.32. The smallest absolute Gasteiger partial charge is 0.253 e. The lowest BCUT2D eigenvalue weighted by atomic mass is 10.2. The van der Waals surface area contributed by atoms with Gasteiger partial charge >= 0.3 is 0 Å². The van der Waals surface area contributed by atoms with Crippen molar-refractivity contribution in [3.05, 3.63) is 29.8 Å². The average molecular weight is 338 g/mol. The lowest BCUT2D eigenvalue weighted by molar-refractivity contribution is 0.0773. The summed E-state index contributed by atoms with van der Waals surface area (Å²) < 4.78 is 27.0. The van der Waals surface area contributed by atoms with Crippen LogP contribution in [0, 0.1) is 0 Å². The van der Waals surface area contributed by atoms with E-state index in [-0.39, 0.29) is 10.8 Å². The third kappa shape index (κ3) is 4.12. The molecule has 0 bridgehead atoms. The molecule has 0 atom stereocenters. The summed E-state index contributed by atoms with van der Waals surface area (Å²) in [6, 6.07) is 6.34.